The average Bonchev–Trinajstić information content (AvgIpc) is 3.34. The first-order valence-electron chi connectivity index (χ1n) is 12.4. The number of benzene rings is 2. The van der Waals surface area contributed by atoms with Crippen molar-refractivity contribution in [2.45, 2.75) is 93.2 Å². The molecule has 0 N–H and O–H groups in total. The van der Waals surface area contributed by atoms with Gasteiger partial charge < -0.3 is 24.8 Å². The third-order valence-electron chi connectivity index (χ3n) is 6.38. The maximum atomic E-state index is 2.34. The molecule has 4 aromatic carbocycles. The molecular weight excluding hydrogens is 575 g/mol. The third-order valence-corrected chi connectivity index (χ3v) is 6.38. The number of rotatable bonds is 0. The molecule has 0 aliphatic heterocycles. The van der Waals surface area contributed by atoms with Crippen LogP contribution in [0.15, 0.2) is 48.5 Å². The number of hydrogen-bond donors (Lipinski definition) is 0. The molecule has 0 unspecified atom stereocenters. The van der Waals surface area contributed by atoms with Gasteiger partial charge in [0.05, 0.1) is 0 Å². The van der Waals surface area contributed by atoms with E-state index < -0.39 is 0 Å². The predicted octanol–water partition coefficient (Wildman–Crippen LogP) is 3.74. The summed E-state index contributed by atoms with van der Waals surface area (Å²) < 4.78 is 0. The van der Waals surface area contributed by atoms with Crippen LogP contribution in [-0.4, -0.2) is 5.43 Å². The molecule has 0 heterocycles. The molecule has 0 aromatic heterocycles. The van der Waals surface area contributed by atoms with E-state index in [4.69, 9.17) is 0 Å². The average molecular weight is 619 g/mol. The molecule has 0 saturated carbocycles. The maximum absolute atomic E-state index is 2.34. The molecule has 0 nitrogen and oxygen atoms in total. The minimum Gasteiger partial charge on any atom is -1.00 e. The minimum absolute atomic E-state index is 0. The van der Waals surface area contributed by atoms with Crippen LogP contribution in [-0.2, 0) is 34.2 Å². The van der Waals surface area contributed by atoms with Gasteiger partial charge in [-0.1, -0.05) is 78.6 Å². The van der Waals surface area contributed by atoms with E-state index in [1.54, 1.807) is 23.3 Å². The van der Waals surface area contributed by atoms with Gasteiger partial charge in [0.25, 0.3) is 0 Å². The fourth-order valence-electron chi connectivity index (χ4n) is 4.05. The molecule has 0 aliphatic rings. The Hall–Kier alpha value is -0.660. The monoisotopic (exact) mass is 616 g/mol. The van der Waals surface area contributed by atoms with E-state index >= 15 is 0 Å². The molecule has 0 saturated heterocycles. The van der Waals surface area contributed by atoms with Gasteiger partial charge in [-0.15, -0.1) is 68.1 Å². The Morgan fingerprint density at radius 1 is 0.583 bits per heavy atom. The van der Waals surface area contributed by atoms with Crippen LogP contribution in [0.3, 0.4) is 0 Å². The minimum atomic E-state index is 0. The van der Waals surface area contributed by atoms with Crippen LogP contribution in [0, 0.1) is 27.7 Å². The topological polar surface area (TPSA) is 0 Å². The van der Waals surface area contributed by atoms with Crippen molar-refractivity contribution < 1.29 is 48.1 Å². The van der Waals surface area contributed by atoms with E-state index in [-0.39, 0.29) is 41.1 Å². The molecule has 0 fully saturated rings. The second-order valence-corrected chi connectivity index (χ2v) is 21.4. The van der Waals surface area contributed by atoms with Gasteiger partial charge in [-0.3, -0.25) is 0 Å². The van der Waals surface area contributed by atoms with Crippen LogP contribution in [0.25, 0.3) is 21.5 Å². The van der Waals surface area contributed by atoms with E-state index in [0.29, 0.717) is 0 Å². The van der Waals surface area contributed by atoms with Gasteiger partial charge in [0, 0.05) is 0 Å². The number of fused-ring (bicyclic) bond motifs is 2. The zero-order valence-electron chi connectivity index (χ0n) is 24.4. The molecule has 4 rings (SSSR count). The van der Waals surface area contributed by atoms with Gasteiger partial charge in [-0.2, -0.15) is 12.1 Å². The molecule has 0 aliphatic carbocycles. The summed E-state index contributed by atoms with van der Waals surface area (Å²) in [7, 11) is 0. The fraction of sp³-hybridized carbons (Fsp3) is 0.438. The smallest absolute Gasteiger partial charge is 0.0309 e. The van der Waals surface area contributed by atoms with Crippen molar-refractivity contribution >= 4 is 27.0 Å². The molecule has 36 heavy (non-hydrogen) atoms. The Labute approximate surface area is 248 Å². The zero-order valence-corrected chi connectivity index (χ0v) is 29.3. The van der Waals surface area contributed by atoms with Crippen LogP contribution in [0.1, 0.15) is 74.9 Å². The van der Waals surface area contributed by atoms with Crippen molar-refractivity contribution in [2.24, 2.45) is 0 Å². The summed E-state index contributed by atoms with van der Waals surface area (Å²) in [6.45, 7) is 27.0. The second kappa shape index (κ2) is 13.9. The van der Waals surface area contributed by atoms with Crippen molar-refractivity contribution in [1.82, 2.24) is 0 Å². The van der Waals surface area contributed by atoms with Gasteiger partial charge in [0.2, 0.25) is 0 Å². The van der Waals surface area contributed by atoms with Crippen molar-refractivity contribution in [3.63, 3.8) is 0 Å². The van der Waals surface area contributed by atoms with Crippen molar-refractivity contribution in [3.05, 3.63) is 81.9 Å². The summed E-state index contributed by atoms with van der Waals surface area (Å²) in [5.41, 5.74) is 9.11. The molecule has 0 atom stereocenters. The van der Waals surface area contributed by atoms with E-state index in [0.717, 1.165) is 0 Å². The Kier molecular flexibility index (Phi) is 13.7. The quantitative estimate of drug-likeness (QED) is 0.208. The van der Waals surface area contributed by atoms with Gasteiger partial charge in [0.15, 0.2) is 0 Å². The van der Waals surface area contributed by atoms with Crippen LogP contribution in [0.4, 0.5) is 0 Å². The summed E-state index contributed by atoms with van der Waals surface area (Å²) in [5.74, 6) is 0. The molecule has 0 amide bonds. The fourth-order valence-corrected chi connectivity index (χ4v) is 4.05. The Morgan fingerprint density at radius 2 is 0.833 bits per heavy atom. The Morgan fingerprint density at radius 3 is 1.06 bits per heavy atom. The molecular formula is C32H44Cl2SiZr-2. The number of aryl methyl sites for hydroxylation is 4. The molecule has 4 aromatic rings. The summed E-state index contributed by atoms with van der Waals surface area (Å²) in [6.07, 6.45) is 0. The first kappa shape index (κ1) is 35.3. The van der Waals surface area contributed by atoms with Crippen LogP contribution < -0.4 is 24.8 Å². The summed E-state index contributed by atoms with van der Waals surface area (Å²) in [4.78, 5) is 0. The largest absolute Gasteiger partial charge is 1.00 e. The number of halogens is 2. The van der Waals surface area contributed by atoms with Gasteiger partial charge in [-0.05, 0) is 24.7 Å². The maximum Gasteiger partial charge on any atom is -0.0309 e. The zero-order chi connectivity index (χ0) is 26.0. The van der Waals surface area contributed by atoms with Gasteiger partial charge in [0.1, 0.15) is 0 Å². The van der Waals surface area contributed by atoms with Crippen LogP contribution in [0.5, 0.6) is 0 Å². The normalized spacial score (nSPS) is 11.1. The SMILES string of the molecule is C[Si](C)=[Zr+2].Cc1ccc(C)c2[cH-]c(C(C)(C)C)cc12.Cc1ccc(C)c2[cH-]c(C(C)(C)C)cc12.[Cl-].[Cl-]. The van der Waals surface area contributed by atoms with E-state index in [1.807, 2.05) is 0 Å². The molecule has 0 bridgehead atoms. The van der Waals surface area contributed by atoms with E-state index in [2.05, 4.69) is 131 Å². The van der Waals surface area contributed by atoms with Gasteiger partial charge in [-0.25, -0.2) is 0 Å². The van der Waals surface area contributed by atoms with Crippen molar-refractivity contribution in [2.75, 3.05) is 0 Å². The summed E-state index contributed by atoms with van der Waals surface area (Å²) in [6, 6.07) is 18.2. The standard InChI is InChI=1S/2C15H19.C2H6Si.2ClH.Zr/c2*1-10-6-7-11(2)14-9-12(8-13(10)14)15(3,4)5;1-3-2;;;/h2*6-9H,1-5H3;1-2H3;2*1H;/q2*-1;;;;+2/p-2. The third kappa shape index (κ3) is 9.27. The van der Waals surface area contributed by atoms with Crippen molar-refractivity contribution in [3.8, 4) is 0 Å². The van der Waals surface area contributed by atoms with Crippen LogP contribution >= 0.6 is 0 Å². The second-order valence-electron chi connectivity index (χ2n) is 12.0. The molecule has 4 heteroatoms. The molecule has 0 radical (unpaired) electrons. The predicted molar refractivity (Wildman–Crippen MR) is 153 cm³/mol. The Bertz CT molecular complexity index is 1120. The first-order chi connectivity index (χ1) is 15.5. The van der Waals surface area contributed by atoms with Crippen LogP contribution in [0.2, 0.25) is 13.1 Å². The number of hydrogen-bond acceptors (Lipinski definition) is 0. The summed E-state index contributed by atoms with van der Waals surface area (Å²) in [5, 5.41) is 5.67. The van der Waals surface area contributed by atoms with E-state index in [1.165, 1.54) is 54.9 Å². The van der Waals surface area contributed by atoms with Crippen molar-refractivity contribution in [1.29, 1.82) is 0 Å². The van der Waals surface area contributed by atoms with Gasteiger partial charge >= 0.3 is 41.9 Å². The molecule has 196 valence electrons. The van der Waals surface area contributed by atoms with E-state index in [9.17, 15) is 0 Å². The molecule has 0 spiro atoms. The summed E-state index contributed by atoms with van der Waals surface area (Å²) >= 11 is 1.74. The first-order valence-corrected chi connectivity index (χ1v) is 18.6. The Balaban J connectivity index is 0.000000566.